The topological polar surface area (TPSA) is 70.4 Å². The number of hydrogen-bond donors (Lipinski definition) is 0. The van der Waals surface area contributed by atoms with E-state index in [0.29, 0.717) is 5.56 Å². The zero-order valence-corrected chi connectivity index (χ0v) is 10.3. The first-order valence-corrected chi connectivity index (χ1v) is 5.23. The van der Waals surface area contributed by atoms with Gasteiger partial charge in [0.1, 0.15) is 6.10 Å². The molecule has 6 nitrogen and oxygen atoms in total. The third-order valence-electron chi connectivity index (χ3n) is 2.51. The lowest BCUT2D eigenvalue weighted by molar-refractivity contribution is -0.148. The highest BCUT2D eigenvalue weighted by atomic mass is 16.6. The van der Waals surface area contributed by atoms with Crippen LogP contribution in [0.4, 0.5) is 0 Å². The Morgan fingerprint density at radius 1 is 1.41 bits per heavy atom. The highest BCUT2D eigenvalue weighted by molar-refractivity contribution is 5.89. The number of nitrogens with zero attached hydrogens (tertiary/aromatic N) is 2. The largest absolute Gasteiger partial charge is 0.469 e. The molecule has 0 aliphatic carbocycles. The van der Waals surface area contributed by atoms with Crippen molar-refractivity contribution in [2.75, 3.05) is 7.11 Å². The van der Waals surface area contributed by atoms with Crippen LogP contribution >= 0.6 is 0 Å². The van der Waals surface area contributed by atoms with Crippen LogP contribution in [0.2, 0.25) is 0 Å². The van der Waals surface area contributed by atoms with Crippen molar-refractivity contribution in [3.8, 4) is 0 Å². The van der Waals surface area contributed by atoms with E-state index in [1.807, 2.05) is 0 Å². The normalized spacial score (nSPS) is 13.9. The molecular formula is C11H16N2O4. The fourth-order valence-corrected chi connectivity index (χ4v) is 1.24. The molecule has 1 rings (SSSR count). The molecule has 1 aromatic rings. The first kappa shape index (κ1) is 13.2. The van der Waals surface area contributed by atoms with Gasteiger partial charge >= 0.3 is 11.9 Å². The maximum Gasteiger partial charge on any atom is 0.341 e. The lowest BCUT2D eigenvalue weighted by Gasteiger charge is -2.17. The average molecular weight is 240 g/mol. The molecule has 0 aliphatic heterocycles. The number of hydrogen-bond acceptors (Lipinski definition) is 5. The Bertz CT molecular complexity index is 413. The third kappa shape index (κ3) is 3.30. The molecule has 0 fully saturated rings. The van der Waals surface area contributed by atoms with E-state index in [4.69, 9.17) is 4.74 Å². The van der Waals surface area contributed by atoms with Crippen molar-refractivity contribution < 1.29 is 19.1 Å². The molecule has 0 radical (unpaired) electrons. The summed E-state index contributed by atoms with van der Waals surface area (Å²) in [4.78, 5) is 22.9. The van der Waals surface area contributed by atoms with Gasteiger partial charge in [0, 0.05) is 13.2 Å². The van der Waals surface area contributed by atoms with Crippen molar-refractivity contribution in [2.45, 2.75) is 20.0 Å². The Morgan fingerprint density at radius 3 is 2.53 bits per heavy atom. The van der Waals surface area contributed by atoms with Crippen molar-refractivity contribution in [2.24, 2.45) is 13.0 Å². The maximum atomic E-state index is 11.7. The third-order valence-corrected chi connectivity index (χ3v) is 2.51. The van der Waals surface area contributed by atoms with Crippen molar-refractivity contribution in [1.82, 2.24) is 9.78 Å². The summed E-state index contributed by atoms with van der Waals surface area (Å²) in [5, 5.41) is 3.87. The van der Waals surface area contributed by atoms with Crippen LogP contribution in [0.5, 0.6) is 0 Å². The van der Waals surface area contributed by atoms with Gasteiger partial charge in [0.2, 0.25) is 0 Å². The molecule has 0 aromatic carbocycles. The van der Waals surface area contributed by atoms with Gasteiger partial charge in [-0.05, 0) is 13.8 Å². The minimum absolute atomic E-state index is 0.358. The van der Waals surface area contributed by atoms with Crippen molar-refractivity contribution in [3.05, 3.63) is 18.0 Å². The van der Waals surface area contributed by atoms with Crippen molar-refractivity contribution in [3.63, 3.8) is 0 Å². The number of methoxy groups -OCH3 is 1. The van der Waals surface area contributed by atoms with Gasteiger partial charge in [0.25, 0.3) is 0 Å². The van der Waals surface area contributed by atoms with E-state index in [2.05, 4.69) is 9.84 Å². The van der Waals surface area contributed by atoms with E-state index in [-0.39, 0.29) is 0 Å². The highest BCUT2D eigenvalue weighted by Crippen LogP contribution is 2.11. The summed E-state index contributed by atoms with van der Waals surface area (Å²) < 4.78 is 11.2. The second-order valence-corrected chi connectivity index (χ2v) is 3.82. The number of ether oxygens (including phenoxy) is 2. The molecule has 0 N–H and O–H groups in total. The Balaban J connectivity index is 2.60. The van der Waals surface area contributed by atoms with E-state index in [0.717, 1.165) is 0 Å². The van der Waals surface area contributed by atoms with E-state index in [1.54, 1.807) is 27.1 Å². The van der Waals surface area contributed by atoms with Crippen LogP contribution in [0.1, 0.15) is 24.2 Å². The van der Waals surface area contributed by atoms with E-state index in [9.17, 15) is 9.59 Å². The number of esters is 2. The molecule has 0 spiro atoms. The molecular weight excluding hydrogens is 224 g/mol. The molecule has 0 saturated carbocycles. The molecule has 1 heterocycles. The average Bonchev–Trinajstić information content (AvgIpc) is 2.73. The smallest absolute Gasteiger partial charge is 0.341 e. The fourth-order valence-electron chi connectivity index (χ4n) is 1.24. The van der Waals surface area contributed by atoms with Crippen molar-refractivity contribution >= 4 is 11.9 Å². The van der Waals surface area contributed by atoms with Crippen LogP contribution in [0, 0.1) is 5.92 Å². The van der Waals surface area contributed by atoms with E-state index < -0.39 is 24.0 Å². The van der Waals surface area contributed by atoms with Gasteiger partial charge < -0.3 is 9.47 Å². The Labute approximate surface area is 99.5 Å². The Morgan fingerprint density at radius 2 is 2.06 bits per heavy atom. The number of aryl methyl sites for hydroxylation is 1. The van der Waals surface area contributed by atoms with Gasteiger partial charge in [-0.25, -0.2) is 4.79 Å². The zero-order chi connectivity index (χ0) is 13.0. The number of carbonyl (C=O) groups is 2. The molecule has 0 aliphatic rings. The van der Waals surface area contributed by atoms with Crippen LogP contribution in [0.3, 0.4) is 0 Å². The molecule has 17 heavy (non-hydrogen) atoms. The second-order valence-electron chi connectivity index (χ2n) is 3.82. The van der Waals surface area contributed by atoms with E-state index >= 15 is 0 Å². The van der Waals surface area contributed by atoms with Gasteiger partial charge in [-0.2, -0.15) is 5.10 Å². The van der Waals surface area contributed by atoms with Crippen LogP contribution in [-0.2, 0) is 21.3 Å². The van der Waals surface area contributed by atoms with Gasteiger partial charge in [-0.15, -0.1) is 0 Å². The van der Waals surface area contributed by atoms with Crippen molar-refractivity contribution in [1.29, 1.82) is 0 Å². The first-order chi connectivity index (χ1) is 7.95. The van der Waals surface area contributed by atoms with Gasteiger partial charge in [-0.1, -0.05) is 0 Å². The van der Waals surface area contributed by atoms with Crippen LogP contribution in [-0.4, -0.2) is 34.9 Å². The minimum Gasteiger partial charge on any atom is -0.469 e. The molecule has 1 aromatic heterocycles. The SMILES string of the molecule is COC(=O)[C@@H](C)[C@H](C)OC(=O)c1cnn(C)c1. The summed E-state index contributed by atoms with van der Waals surface area (Å²) in [6.45, 7) is 3.29. The Kier molecular flexibility index (Phi) is 4.25. The molecule has 0 unspecified atom stereocenters. The van der Waals surface area contributed by atoms with Gasteiger partial charge in [-0.3, -0.25) is 9.48 Å². The summed E-state index contributed by atoms with van der Waals surface area (Å²) in [7, 11) is 3.01. The molecule has 94 valence electrons. The lowest BCUT2D eigenvalue weighted by Crippen LogP contribution is -2.28. The highest BCUT2D eigenvalue weighted by Gasteiger charge is 2.25. The first-order valence-electron chi connectivity index (χ1n) is 5.23. The van der Waals surface area contributed by atoms with E-state index in [1.165, 1.54) is 18.0 Å². The second kappa shape index (κ2) is 5.47. The predicted molar refractivity (Wildman–Crippen MR) is 59.3 cm³/mol. The quantitative estimate of drug-likeness (QED) is 0.727. The standard InChI is InChI=1S/C11H16N2O4/c1-7(10(14)16-4)8(2)17-11(15)9-5-12-13(3)6-9/h5-8H,1-4H3/t7-,8-/m0/s1. The number of aromatic nitrogens is 2. The monoisotopic (exact) mass is 240 g/mol. The number of rotatable bonds is 4. The summed E-state index contributed by atoms with van der Waals surface area (Å²) in [5.41, 5.74) is 0.358. The van der Waals surface area contributed by atoms with Crippen LogP contribution in [0.15, 0.2) is 12.4 Å². The Hall–Kier alpha value is -1.85. The maximum absolute atomic E-state index is 11.7. The van der Waals surface area contributed by atoms with Gasteiger partial charge in [0.05, 0.1) is 24.8 Å². The van der Waals surface area contributed by atoms with Gasteiger partial charge in [0.15, 0.2) is 0 Å². The summed E-state index contributed by atoms with van der Waals surface area (Å²) >= 11 is 0. The predicted octanol–water partition coefficient (Wildman–Crippen LogP) is 0.774. The molecule has 0 saturated heterocycles. The minimum atomic E-state index is -0.546. The summed E-state index contributed by atoms with van der Waals surface area (Å²) in [6.07, 6.45) is 2.42. The number of carbonyl (C=O) groups excluding carboxylic acids is 2. The molecule has 0 amide bonds. The van der Waals surface area contributed by atoms with Crippen LogP contribution in [0.25, 0.3) is 0 Å². The molecule has 0 bridgehead atoms. The van der Waals surface area contributed by atoms with Crippen LogP contribution < -0.4 is 0 Å². The summed E-state index contributed by atoms with van der Waals surface area (Å²) in [6, 6.07) is 0. The molecule has 2 atom stereocenters. The lowest BCUT2D eigenvalue weighted by atomic mass is 10.1. The zero-order valence-electron chi connectivity index (χ0n) is 10.3. The summed E-state index contributed by atoms with van der Waals surface area (Å²) in [5.74, 6) is -1.40. The fraction of sp³-hybridized carbons (Fsp3) is 0.545. The molecule has 6 heteroatoms.